The lowest BCUT2D eigenvalue weighted by molar-refractivity contribution is 0.679. The van der Waals surface area contributed by atoms with Crippen LogP contribution in [0.2, 0.25) is 0 Å². The quantitative estimate of drug-likeness (QED) is 0.563. The van der Waals surface area contributed by atoms with E-state index in [9.17, 15) is 0 Å². The van der Waals surface area contributed by atoms with Gasteiger partial charge in [0, 0.05) is 19.3 Å². The Kier molecular flexibility index (Phi) is 1.80. The Bertz CT molecular complexity index is 251. The van der Waals surface area contributed by atoms with Gasteiger partial charge in [0.2, 0.25) is 0 Å². The third-order valence-corrected chi connectivity index (χ3v) is 2.60. The third-order valence-electron chi connectivity index (χ3n) is 2.60. The van der Waals surface area contributed by atoms with Gasteiger partial charge in [-0.25, -0.2) is 0 Å². The van der Waals surface area contributed by atoms with Gasteiger partial charge < -0.3 is 4.90 Å². The van der Waals surface area contributed by atoms with Gasteiger partial charge >= 0.3 is 0 Å². The fraction of sp³-hybridized carbons (Fsp3) is 0.364. The van der Waals surface area contributed by atoms with Gasteiger partial charge in [-0.3, -0.25) is 0 Å². The van der Waals surface area contributed by atoms with Crippen LogP contribution in [-0.4, -0.2) is 13.6 Å². The summed E-state index contributed by atoms with van der Waals surface area (Å²) in [5, 5.41) is 0. The standard InChI is InChI=1S/C11H14N/c1-9-7-8-12(2)11-6-4-3-5-10(9)11/h3-6,9H,1,7-8H2,2H3. The molecule has 1 atom stereocenters. The van der Waals surface area contributed by atoms with Crippen LogP contribution in [0.15, 0.2) is 24.3 Å². The maximum Gasteiger partial charge on any atom is 0.0399 e. The average molecular weight is 160 g/mol. The Balaban J connectivity index is 2.47. The zero-order chi connectivity index (χ0) is 8.55. The van der Waals surface area contributed by atoms with Crippen molar-refractivity contribution in [2.75, 3.05) is 18.5 Å². The Morgan fingerprint density at radius 3 is 2.92 bits per heavy atom. The molecule has 0 aliphatic carbocycles. The molecular weight excluding hydrogens is 146 g/mol. The van der Waals surface area contributed by atoms with E-state index in [1.807, 2.05) is 0 Å². The average Bonchev–Trinajstić information content (AvgIpc) is 2.12. The second-order valence-corrected chi connectivity index (χ2v) is 3.47. The SMILES string of the molecule is [CH2]C1CCN(C)c2ccccc21. The Labute approximate surface area is 74.0 Å². The molecule has 1 aliphatic heterocycles. The zero-order valence-corrected chi connectivity index (χ0v) is 7.46. The van der Waals surface area contributed by atoms with Crippen molar-refractivity contribution in [3.63, 3.8) is 0 Å². The first-order valence-electron chi connectivity index (χ1n) is 4.42. The first kappa shape index (κ1) is 7.66. The molecular formula is C11H14N. The van der Waals surface area contributed by atoms with E-state index < -0.39 is 0 Å². The summed E-state index contributed by atoms with van der Waals surface area (Å²) in [6, 6.07) is 8.54. The van der Waals surface area contributed by atoms with Crippen molar-refractivity contribution >= 4 is 5.69 Å². The van der Waals surface area contributed by atoms with Crippen LogP contribution in [0.4, 0.5) is 5.69 Å². The number of para-hydroxylation sites is 1. The third kappa shape index (κ3) is 1.09. The van der Waals surface area contributed by atoms with Gasteiger partial charge in [0.05, 0.1) is 0 Å². The summed E-state index contributed by atoms with van der Waals surface area (Å²) in [5.74, 6) is 0.484. The molecule has 0 saturated heterocycles. The highest BCUT2D eigenvalue weighted by molar-refractivity contribution is 5.56. The largest absolute Gasteiger partial charge is 0.374 e. The maximum absolute atomic E-state index is 4.15. The molecule has 0 N–H and O–H groups in total. The van der Waals surface area contributed by atoms with Crippen molar-refractivity contribution in [2.24, 2.45) is 0 Å². The first-order chi connectivity index (χ1) is 5.79. The van der Waals surface area contributed by atoms with Crippen molar-refractivity contribution < 1.29 is 0 Å². The summed E-state index contributed by atoms with van der Waals surface area (Å²) in [7, 11) is 2.14. The van der Waals surface area contributed by atoms with E-state index >= 15 is 0 Å². The summed E-state index contributed by atoms with van der Waals surface area (Å²) in [4.78, 5) is 2.30. The van der Waals surface area contributed by atoms with Gasteiger partial charge in [0.25, 0.3) is 0 Å². The van der Waals surface area contributed by atoms with Crippen LogP contribution < -0.4 is 4.90 Å². The van der Waals surface area contributed by atoms with E-state index in [2.05, 4.69) is 43.1 Å². The lowest BCUT2D eigenvalue weighted by Crippen LogP contribution is -2.26. The molecule has 63 valence electrons. The van der Waals surface area contributed by atoms with Crippen molar-refractivity contribution in [3.05, 3.63) is 36.8 Å². The normalized spacial score (nSPS) is 22.2. The van der Waals surface area contributed by atoms with Gasteiger partial charge in [-0.1, -0.05) is 18.2 Å². The number of anilines is 1. The van der Waals surface area contributed by atoms with Crippen LogP contribution in [0.5, 0.6) is 0 Å². The second kappa shape index (κ2) is 2.81. The smallest absolute Gasteiger partial charge is 0.0399 e. The van der Waals surface area contributed by atoms with E-state index in [4.69, 9.17) is 0 Å². The molecule has 0 amide bonds. The molecule has 2 rings (SSSR count). The molecule has 0 fully saturated rings. The van der Waals surface area contributed by atoms with Crippen molar-refractivity contribution in [3.8, 4) is 0 Å². The van der Waals surface area contributed by atoms with Crippen LogP contribution in [0.3, 0.4) is 0 Å². The Morgan fingerprint density at radius 2 is 2.17 bits per heavy atom. The number of hydrogen-bond acceptors (Lipinski definition) is 1. The minimum absolute atomic E-state index is 0.484. The monoisotopic (exact) mass is 160 g/mol. The molecule has 1 unspecified atom stereocenters. The Morgan fingerprint density at radius 1 is 1.42 bits per heavy atom. The van der Waals surface area contributed by atoms with Crippen molar-refractivity contribution in [1.82, 2.24) is 0 Å². The molecule has 0 bridgehead atoms. The highest BCUT2D eigenvalue weighted by atomic mass is 15.1. The van der Waals surface area contributed by atoms with E-state index in [1.165, 1.54) is 17.7 Å². The fourth-order valence-electron chi connectivity index (χ4n) is 1.81. The number of fused-ring (bicyclic) bond motifs is 1. The summed E-state index contributed by atoms with van der Waals surface area (Å²) in [6.07, 6.45) is 1.17. The van der Waals surface area contributed by atoms with E-state index in [0.717, 1.165) is 6.54 Å². The second-order valence-electron chi connectivity index (χ2n) is 3.47. The molecule has 1 nitrogen and oxygen atoms in total. The van der Waals surface area contributed by atoms with Crippen LogP contribution in [0.1, 0.15) is 17.9 Å². The summed E-state index contributed by atoms with van der Waals surface area (Å²) >= 11 is 0. The Hall–Kier alpha value is -0.980. The van der Waals surface area contributed by atoms with Crippen LogP contribution in [-0.2, 0) is 0 Å². The molecule has 1 aromatic carbocycles. The highest BCUT2D eigenvalue weighted by Gasteiger charge is 2.18. The highest BCUT2D eigenvalue weighted by Crippen LogP contribution is 2.33. The van der Waals surface area contributed by atoms with Gasteiger partial charge in [0.15, 0.2) is 0 Å². The molecule has 0 spiro atoms. The van der Waals surface area contributed by atoms with Crippen LogP contribution in [0.25, 0.3) is 0 Å². The van der Waals surface area contributed by atoms with Gasteiger partial charge in [-0.15, -0.1) is 0 Å². The molecule has 1 heterocycles. The van der Waals surface area contributed by atoms with Gasteiger partial charge in [0.1, 0.15) is 0 Å². The molecule has 1 heteroatoms. The first-order valence-corrected chi connectivity index (χ1v) is 4.42. The summed E-state index contributed by atoms with van der Waals surface area (Å²) in [5.41, 5.74) is 2.75. The number of nitrogens with zero attached hydrogens (tertiary/aromatic N) is 1. The maximum atomic E-state index is 4.15. The molecule has 1 aromatic rings. The zero-order valence-electron chi connectivity index (χ0n) is 7.46. The number of rotatable bonds is 0. The van der Waals surface area contributed by atoms with E-state index in [1.54, 1.807) is 0 Å². The topological polar surface area (TPSA) is 3.24 Å². The lowest BCUT2D eigenvalue weighted by atomic mass is 9.92. The molecule has 1 aliphatic rings. The summed E-state index contributed by atoms with van der Waals surface area (Å²) in [6.45, 7) is 5.28. The predicted molar refractivity (Wildman–Crippen MR) is 52.4 cm³/mol. The molecule has 0 aromatic heterocycles. The van der Waals surface area contributed by atoms with Crippen LogP contribution in [0, 0.1) is 6.92 Å². The molecule has 0 saturated carbocycles. The molecule has 1 radical (unpaired) electrons. The summed E-state index contributed by atoms with van der Waals surface area (Å²) < 4.78 is 0. The van der Waals surface area contributed by atoms with Crippen molar-refractivity contribution in [2.45, 2.75) is 12.3 Å². The predicted octanol–water partition coefficient (Wildman–Crippen LogP) is 2.44. The van der Waals surface area contributed by atoms with Gasteiger partial charge in [-0.05, 0) is 30.9 Å². The van der Waals surface area contributed by atoms with Gasteiger partial charge in [-0.2, -0.15) is 0 Å². The minimum atomic E-state index is 0.484. The number of hydrogen-bond donors (Lipinski definition) is 0. The number of benzene rings is 1. The van der Waals surface area contributed by atoms with Crippen LogP contribution >= 0.6 is 0 Å². The fourth-order valence-corrected chi connectivity index (χ4v) is 1.81. The molecule has 12 heavy (non-hydrogen) atoms. The lowest BCUT2D eigenvalue weighted by Gasteiger charge is -2.31. The van der Waals surface area contributed by atoms with Crippen molar-refractivity contribution in [1.29, 1.82) is 0 Å². The van der Waals surface area contributed by atoms with E-state index in [-0.39, 0.29) is 0 Å². The minimum Gasteiger partial charge on any atom is -0.374 e. The van der Waals surface area contributed by atoms with E-state index in [0.29, 0.717) is 5.92 Å².